The molecule has 1 aromatic carbocycles. The van der Waals surface area contributed by atoms with Crippen LogP contribution in [-0.2, 0) is 0 Å². The Hall–Kier alpha value is -2.04. The lowest BCUT2D eigenvalue weighted by molar-refractivity contribution is 0.0681. The summed E-state index contributed by atoms with van der Waals surface area (Å²) >= 11 is 0. The van der Waals surface area contributed by atoms with Crippen molar-refractivity contribution in [2.75, 3.05) is 18.0 Å². The third kappa shape index (κ3) is 2.75. The van der Waals surface area contributed by atoms with Crippen molar-refractivity contribution in [1.82, 2.24) is 0 Å². The highest BCUT2D eigenvalue weighted by molar-refractivity contribution is 5.97. The van der Waals surface area contributed by atoms with Crippen LogP contribution in [0.15, 0.2) is 18.2 Å². The van der Waals surface area contributed by atoms with Gasteiger partial charge < -0.3 is 15.1 Å². The van der Waals surface area contributed by atoms with Crippen molar-refractivity contribution in [2.24, 2.45) is 0 Å². The summed E-state index contributed by atoms with van der Waals surface area (Å²) in [5, 5.41) is 18.0. The Morgan fingerprint density at radius 2 is 1.71 bits per heavy atom. The average Bonchev–Trinajstić information content (AvgIpc) is 2.30. The molecule has 0 aliphatic heterocycles. The number of benzene rings is 1. The molecule has 5 nitrogen and oxygen atoms in total. The third-order valence-electron chi connectivity index (χ3n) is 2.58. The number of hydrogen-bond donors (Lipinski definition) is 2. The number of carboxylic acid groups (broad SMARTS) is 2. The van der Waals surface area contributed by atoms with Crippen molar-refractivity contribution in [3.05, 3.63) is 29.3 Å². The second-order valence-electron chi connectivity index (χ2n) is 3.51. The molecule has 5 heteroatoms. The molecule has 0 radical (unpaired) electrons. The molecule has 0 heterocycles. The quantitative estimate of drug-likeness (QED) is 0.818. The molecule has 17 heavy (non-hydrogen) atoms. The molecule has 0 spiro atoms. The van der Waals surface area contributed by atoms with E-state index in [2.05, 4.69) is 0 Å². The van der Waals surface area contributed by atoms with Gasteiger partial charge in [0.2, 0.25) is 0 Å². The summed E-state index contributed by atoms with van der Waals surface area (Å²) in [6.45, 7) is 5.03. The predicted molar refractivity (Wildman–Crippen MR) is 63.9 cm³/mol. The first kappa shape index (κ1) is 13.0. The number of nitrogens with zero attached hydrogens (tertiary/aromatic N) is 1. The van der Waals surface area contributed by atoms with Gasteiger partial charge in [-0.15, -0.1) is 0 Å². The Balaban J connectivity index is 3.34. The van der Waals surface area contributed by atoms with Gasteiger partial charge >= 0.3 is 11.9 Å². The lowest BCUT2D eigenvalue weighted by Gasteiger charge is -2.23. The maximum Gasteiger partial charge on any atom is 0.337 e. The molecular formula is C12H15NO4. The molecule has 0 saturated carbocycles. The zero-order valence-corrected chi connectivity index (χ0v) is 9.80. The van der Waals surface area contributed by atoms with Crippen LogP contribution in [0.25, 0.3) is 0 Å². The second-order valence-corrected chi connectivity index (χ2v) is 3.51. The van der Waals surface area contributed by atoms with Gasteiger partial charge in [-0.1, -0.05) is 0 Å². The highest BCUT2D eigenvalue weighted by Gasteiger charge is 2.16. The van der Waals surface area contributed by atoms with E-state index in [4.69, 9.17) is 10.2 Å². The number of aromatic carboxylic acids is 2. The van der Waals surface area contributed by atoms with Gasteiger partial charge in [0, 0.05) is 13.1 Å². The van der Waals surface area contributed by atoms with Crippen LogP contribution in [0.1, 0.15) is 34.6 Å². The van der Waals surface area contributed by atoms with Crippen LogP contribution >= 0.6 is 0 Å². The number of rotatable bonds is 5. The maximum absolute atomic E-state index is 11.1. The largest absolute Gasteiger partial charge is 0.478 e. The first-order valence-corrected chi connectivity index (χ1v) is 5.36. The van der Waals surface area contributed by atoms with Crippen molar-refractivity contribution in [3.8, 4) is 0 Å². The smallest absolute Gasteiger partial charge is 0.337 e. The van der Waals surface area contributed by atoms with Crippen molar-refractivity contribution < 1.29 is 19.8 Å². The topological polar surface area (TPSA) is 77.8 Å². The fourth-order valence-corrected chi connectivity index (χ4v) is 1.67. The predicted octanol–water partition coefficient (Wildman–Crippen LogP) is 1.93. The van der Waals surface area contributed by atoms with Gasteiger partial charge in [-0.25, -0.2) is 9.59 Å². The zero-order chi connectivity index (χ0) is 13.0. The van der Waals surface area contributed by atoms with E-state index >= 15 is 0 Å². The van der Waals surface area contributed by atoms with Gasteiger partial charge in [-0.05, 0) is 32.0 Å². The fraction of sp³-hybridized carbons (Fsp3) is 0.333. The fourth-order valence-electron chi connectivity index (χ4n) is 1.67. The lowest BCUT2D eigenvalue weighted by atomic mass is 10.1. The molecule has 0 aliphatic rings. The van der Waals surface area contributed by atoms with E-state index in [1.54, 1.807) is 0 Å². The molecule has 0 aliphatic carbocycles. The van der Waals surface area contributed by atoms with E-state index < -0.39 is 11.9 Å². The summed E-state index contributed by atoms with van der Waals surface area (Å²) < 4.78 is 0. The molecule has 0 saturated heterocycles. The van der Waals surface area contributed by atoms with Crippen LogP contribution in [0, 0.1) is 0 Å². The van der Waals surface area contributed by atoms with Gasteiger partial charge in [0.05, 0.1) is 16.8 Å². The summed E-state index contributed by atoms with van der Waals surface area (Å²) in [4.78, 5) is 23.7. The van der Waals surface area contributed by atoms with E-state index in [9.17, 15) is 9.59 Å². The number of carbonyl (C=O) groups is 2. The van der Waals surface area contributed by atoms with Gasteiger partial charge in [0.25, 0.3) is 0 Å². The van der Waals surface area contributed by atoms with Crippen molar-refractivity contribution in [2.45, 2.75) is 13.8 Å². The molecule has 0 amide bonds. The van der Waals surface area contributed by atoms with Gasteiger partial charge in [0.15, 0.2) is 0 Å². The maximum atomic E-state index is 11.1. The lowest BCUT2D eigenvalue weighted by Crippen LogP contribution is -2.24. The zero-order valence-electron chi connectivity index (χ0n) is 9.80. The van der Waals surface area contributed by atoms with Crippen LogP contribution in [0.3, 0.4) is 0 Å². The minimum absolute atomic E-state index is 0.0944. The molecule has 0 atom stereocenters. The van der Waals surface area contributed by atoms with Crippen LogP contribution in [0.2, 0.25) is 0 Å². The van der Waals surface area contributed by atoms with E-state index in [0.717, 1.165) is 0 Å². The summed E-state index contributed by atoms with van der Waals surface area (Å²) in [6, 6.07) is 4.04. The van der Waals surface area contributed by atoms with Crippen molar-refractivity contribution in [3.63, 3.8) is 0 Å². The molecular weight excluding hydrogens is 222 g/mol. The Morgan fingerprint density at radius 3 is 2.12 bits per heavy atom. The van der Waals surface area contributed by atoms with E-state index in [1.807, 2.05) is 18.7 Å². The minimum atomic E-state index is -1.06. The van der Waals surface area contributed by atoms with Crippen LogP contribution in [-0.4, -0.2) is 35.2 Å². The highest BCUT2D eigenvalue weighted by Crippen LogP contribution is 2.22. The van der Waals surface area contributed by atoms with Crippen LogP contribution in [0.4, 0.5) is 5.69 Å². The van der Waals surface area contributed by atoms with Crippen molar-refractivity contribution >= 4 is 17.6 Å². The Morgan fingerprint density at radius 1 is 1.12 bits per heavy atom. The summed E-state index contributed by atoms with van der Waals surface area (Å²) in [5.74, 6) is -2.11. The Labute approximate surface area is 99.3 Å². The van der Waals surface area contributed by atoms with Gasteiger partial charge in [0.1, 0.15) is 0 Å². The first-order valence-electron chi connectivity index (χ1n) is 5.36. The molecule has 0 bridgehead atoms. The van der Waals surface area contributed by atoms with E-state index in [1.165, 1.54) is 18.2 Å². The van der Waals surface area contributed by atoms with Crippen LogP contribution < -0.4 is 4.90 Å². The first-order chi connectivity index (χ1) is 8.01. The molecule has 0 aromatic heterocycles. The summed E-state index contributed by atoms with van der Waals surface area (Å²) in [6.07, 6.45) is 0. The standard InChI is InChI=1S/C12H15NO4/c1-3-13(4-2)10-7-8(11(14)15)5-6-9(10)12(16)17/h5-7H,3-4H2,1-2H3,(H,14,15)(H,16,17). The second kappa shape index (κ2) is 5.34. The third-order valence-corrected chi connectivity index (χ3v) is 2.58. The Kier molecular flexibility index (Phi) is 4.09. The summed E-state index contributed by atoms with van der Waals surface area (Å²) in [7, 11) is 0. The SMILES string of the molecule is CCN(CC)c1cc(C(=O)O)ccc1C(=O)O. The van der Waals surface area contributed by atoms with E-state index in [0.29, 0.717) is 18.8 Å². The van der Waals surface area contributed by atoms with Gasteiger partial charge in [-0.2, -0.15) is 0 Å². The minimum Gasteiger partial charge on any atom is -0.478 e. The molecule has 1 rings (SSSR count). The van der Waals surface area contributed by atoms with Crippen molar-refractivity contribution in [1.29, 1.82) is 0 Å². The number of anilines is 1. The van der Waals surface area contributed by atoms with Gasteiger partial charge in [-0.3, -0.25) is 0 Å². The monoisotopic (exact) mass is 237 g/mol. The Bertz CT molecular complexity index is 438. The summed E-state index contributed by atoms with van der Waals surface area (Å²) in [5.41, 5.74) is 0.665. The normalized spacial score (nSPS) is 10.0. The van der Waals surface area contributed by atoms with Crippen LogP contribution in [0.5, 0.6) is 0 Å². The molecule has 0 fully saturated rings. The average molecular weight is 237 g/mol. The molecule has 1 aromatic rings. The molecule has 2 N–H and O–H groups in total. The highest BCUT2D eigenvalue weighted by atomic mass is 16.4. The number of carboxylic acids is 2. The molecule has 0 unspecified atom stereocenters. The molecule has 92 valence electrons. The van der Waals surface area contributed by atoms with E-state index in [-0.39, 0.29) is 11.1 Å². The number of hydrogen-bond acceptors (Lipinski definition) is 3.